The van der Waals surface area contributed by atoms with E-state index in [9.17, 15) is 9.59 Å². The van der Waals surface area contributed by atoms with Crippen molar-refractivity contribution in [2.45, 2.75) is 6.54 Å². The quantitative estimate of drug-likeness (QED) is 0.328. The Hall–Kier alpha value is -4.17. The molecule has 7 nitrogen and oxygen atoms in total. The summed E-state index contributed by atoms with van der Waals surface area (Å²) >= 11 is 0.957. The number of benzene rings is 3. The smallest absolute Gasteiger partial charge is 0.298 e. The Morgan fingerprint density at radius 3 is 2.63 bits per heavy atom. The summed E-state index contributed by atoms with van der Waals surface area (Å²) in [6.07, 6.45) is 3.79. The number of hydrogen-bond donors (Lipinski definition) is 0. The number of nitrogens with zero attached hydrogens (tertiary/aromatic N) is 2. The van der Waals surface area contributed by atoms with Crippen molar-refractivity contribution in [3.05, 3.63) is 89.5 Å². The fourth-order valence-corrected chi connectivity index (χ4v) is 5.04. The number of imide groups is 1. The van der Waals surface area contributed by atoms with Crippen molar-refractivity contribution in [3.63, 3.8) is 0 Å². The lowest BCUT2D eigenvalue weighted by atomic mass is 10.1. The molecule has 174 valence electrons. The highest BCUT2D eigenvalue weighted by Crippen LogP contribution is 2.37. The summed E-state index contributed by atoms with van der Waals surface area (Å²) in [6, 6.07) is 22.5. The van der Waals surface area contributed by atoms with Crippen molar-refractivity contribution in [2.75, 3.05) is 18.3 Å². The van der Waals surface area contributed by atoms with Gasteiger partial charge in [0.15, 0.2) is 11.5 Å². The monoisotopic (exact) mass is 484 g/mol. The molecule has 3 heterocycles. The molecule has 8 heteroatoms. The number of rotatable bonds is 6. The van der Waals surface area contributed by atoms with E-state index in [1.54, 1.807) is 18.2 Å². The van der Waals surface area contributed by atoms with Gasteiger partial charge in [-0.3, -0.25) is 9.59 Å². The molecule has 0 saturated carbocycles. The van der Waals surface area contributed by atoms with Crippen LogP contribution < -0.4 is 19.1 Å². The van der Waals surface area contributed by atoms with Gasteiger partial charge in [-0.25, -0.2) is 4.90 Å². The number of amides is 2. The van der Waals surface area contributed by atoms with Crippen molar-refractivity contribution in [1.29, 1.82) is 0 Å². The highest BCUT2D eigenvalue weighted by Gasteiger charge is 2.36. The minimum Gasteiger partial charge on any atom is -0.492 e. The van der Waals surface area contributed by atoms with E-state index in [4.69, 9.17) is 14.2 Å². The fourth-order valence-electron chi connectivity index (χ4n) is 4.21. The molecule has 1 aromatic heterocycles. The zero-order valence-electron chi connectivity index (χ0n) is 18.5. The van der Waals surface area contributed by atoms with E-state index in [1.165, 1.54) is 4.90 Å². The Morgan fingerprint density at radius 1 is 0.943 bits per heavy atom. The summed E-state index contributed by atoms with van der Waals surface area (Å²) in [7, 11) is 0. The van der Waals surface area contributed by atoms with Gasteiger partial charge in [0, 0.05) is 28.7 Å². The van der Waals surface area contributed by atoms with Gasteiger partial charge in [-0.2, -0.15) is 0 Å². The van der Waals surface area contributed by atoms with Gasteiger partial charge in [-0.1, -0.05) is 36.4 Å². The number of ether oxygens (including phenoxy) is 3. The van der Waals surface area contributed by atoms with Gasteiger partial charge in [-0.15, -0.1) is 0 Å². The van der Waals surface area contributed by atoms with Crippen molar-refractivity contribution in [3.8, 4) is 17.2 Å². The lowest BCUT2D eigenvalue weighted by Gasteiger charge is -2.11. The van der Waals surface area contributed by atoms with E-state index in [-0.39, 0.29) is 17.9 Å². The number of anilines is 1. The van der Waals surface area contributed by atoms with E-state index < -0.39 is 0 Å². The van der Waals surface area contributed by atoms with Crippen LogP contribution in [0.5, 0.6) is 17.2 Å². The largest absolute Gasteiger partial charge is 0.492 e. The molecule has 1 fully saturated rings. The van der Waals surface area contributed by atoms with Gasteiger partial charge in [0.05, 0.1) is 17.1 Å². The Balaban J connectivity index is 1.23. The van der Waals surface area contributed by atoms with E-state index in [1.807, 2.05) is 66.9 Å². The maximum atomic E-state index is 13.0. The van der Waals surface area contributed by atoms with E-state index in [2.05, 4.69) is 4.57 Å². The first-order chi connectivity index (χ1) is 17.2. The number of carbonyl (C=O) groups is 2. The van der Waals surface area contributed by atoms with Crippen LogP contribution >= 0.6 is 11.8 Å². The normalized spacial score (nSPS) is 16.0. The first kappa shape index (κ1) is 21.4. The Labute approximate surface area is 205 Å². The molecular weight excluding hydrogens is 464 g/mol. The summed E-state index contributed by atoms with van der Waals surface area (Å²) in [6.45, 7) is 1.28. The third-order valence-electron chi connectivity index (χ3n) is 5.86. The maximum absolute atomic E-state index is 13.0. The number of para-hydroxylation sites is 2. The molecule has 2 aliphatic rings. The third-order valence-corrected chi connectivity index (χ3v) is 6.73. The van der Waals surface area contributed by atoms with Crippen LogP contribution in [0, 0.1) is 0 Å². The highest BCUT2D eigenvalue weighted by molar-refractivity contribution is 8.19. The van der Waals surface area contributed by atoms with Crippen LogP contribution in [0.1, 0.15) is 5.56 Å². The van der Waals surface area contributed by atoms with Crippen LogP contribution in [-0.2, 0) is 11.3 Å². The van der Waals surface area contributed by atoms with Gasteiger partial charge < -0.3 is 18.8 Å². The average Bonchev–Trinajstić information content (AvgIpc) is 3.56. The molecule has 0 aliphatic carbocycles. The summed E-state index contributed by atoms with van der Waals surface area (Å²) in [5.74, 6) is 1.80. The highest BCUT2D eigenvalue weighted by atomic mass is 32.2. The van der Waals surface area contributed by atoms with Gasteiger partial charge in [0.1, 0.15) is 12.4 Å². The zero-order valence-corrected chi connectivity index (χ0v) is 19.4. The molecule has 6 rings (SSSR count). The summed E-state index contributed by atoms with van der Waals surface area (Å²) in [5.41, 5.74) is 2.47. The predicted octanol–water partition coefficient (Wildman–Crippen LogP) is 5.69. The summed E-state index contributed by atoms with van der Waals surface area (Å²) in [5, 5.41) is 0.704. The van der Waals surface area contributed by atoms with Gasteiger partial charge in [0.25, 0.3) is 11.1 Å². The van der Waals surface area contributed by atoms with E-state index in [0.717, 1.165) is 34.0 Å². The summed E-state index contributed by atoms with van der Waals surface area (Å²) in [4.78, 5) is 27.3. The average molecular weight is 485 g/mol. The maximum Gasteiger partial charge on any atom is 0.298 e. The van der Waals surface area contributed by atoms with Crippen LogP contribution in [-0.4, -0.2) is 29.1 Å². The molecule has 2 amide bonds. The molecule has 0 atom stereocenters. The zero-order chi connectivity index (χ0) is 23.8. The number of hydrogen-bond acceptors (Lipinski definition) is 6. The number of fused-ring (bicyclic) bond motifs is 2. The molecule has 0 N–H and O–H groups in total. The topological polar surface area (TPSA) is 70.0 Å². The fraction of sp³-hybridized carbons (Fsp3) is 0.111. The van der Waals surface area contributed by atoms with Crippen LogP contribution in [0.4, 0.5) is 10.5 Å². The molecular formula is C27H20N2O5S. The minimum atomic E-state index is -0.311. The predicted molar refractivity (Wildman–Crippen MR) is 135 cm³/mol. The van der Waals surface area contributed by atoms with Crippen molar-refractivity contribution in [1.82, 2.24) is 4.57 Å². The standard InChI is InChI=1S/C27H20N2O5S/c30-26-25(35-27(31)29(26)19-6-2-1-3-7-19)14-18-16-28(22-9-5-4-8-21(18)22)12-13-32-20-10-11-23-24(15-20)34-17-33-23/h1-11,14-16H,12-13,17H2/b25-14-. The molecule has 35 heavy (non-hydrogen) atoms. The van der Waals surface area contributed by atoms with Crippen molar-refractivity contribution >= 4 is 45.6 Å². The SMILES string of the molecule is O=C1S/C(=C\c2cn(CCOc3ccc4c(c3)OCO4)c3ccccc23)C(=O)N1c1ccccc1. The molecule has 3 aromatic carbocycles. The van der Waals surface area contributed by atoms with Crippen molar-refractivity contribution in [2.24, 2.45) is 0 Å². The molecule has 1 saturated heterocycles. The molecule has 0 spiro atoms. The molecule has 2 aliphatic heterocycles. The molecule has 0 unspecified atom stereocenters. The first-order valence-corrected chi connectivity index (χ1v) is 11.9. The lowest BCUT2D eigenvalue weighted by molar-refractivity contribution is -0.113. The van der Waals surface area contributed by atoms with Crippen LogP contribution in [0.3, 0.4) is 0 Å². The number of thioether (sulfide) groups is 1. The first-order valence-electron chi connectivity index (χ1n) is 11.1. The second kappa shape index (κ2) is 8.88. The summed E-state index contributed by atoms with van der Waals surface area (Å²) < 4.78 is 18.8. The Morgan fingerprint density at radius 2 is 1.74 bits per heavy atom. The molecule has 0 radical (unpaired) electrons. The van der Waals surface area contributed by atoms with Gasteiger partial charge >= 0.3 is 0 Å². The van der Waals surface area contributed by atoms with Crippen molar-refractivity contribution < 1.29 is 23.8 Å². The molecule has 4 aromatic rings. The molecule has 0 bridgehead atoms. The minimum absolute atomic E-state index is 0.224. The second-order valence-corrected chi connectivity index (χ2v) is 9.00. The second-order valence-electron chi connectivity index (χ2n) is 8.01. The van der Waals surface area contributed by atoms with E-state index >= 15 is 0 Å². The number of aromatic nitrogens is 1. The number of carbonyl (C=O) groups excluding carboxylic acids is 2. The van der Waals surface area contributed by atoms with E-state index in [0.29, 0.717) is 35.2 Å². The Bertz CT molecular complexity index is 1480. The Kier molecular flexibility index (Phi) is 5.42. The van der Waals surface area contributed by atoms with Crippen LogP contribution in [0.2, 0.25) is 0 Å². The van der Waals surface area contributed by atoms with Crippen LogP contribution in [0.15, 0.2) is 83.9 Å². The van der Waals surface area contributed by atoms with Gasteiger partial charge in [0.2, 0.25) is 6.79 Å². The van der Waals surface area contributed by atoms with Crippen LogP contribution in [0.25, 0.3) is 17.0 Å². The lowest BCUT2D eigenvalue weighted by Crippen LogP contribution is -2.27. The third kappa shape index (κ3) is 4.02. The van der Waals surface area contributed by atoms with Gasteiger partial charge in [-0.05, 0) is 48.2 Å².